The zero-order valence-electron chi connectivity index (χ0n) is 13.7. The van der Waals surface area contributed by atoms with Gasteiger partial charge in [-0.1, -0.05) is 43.0 Å². The first-order chi connectivity index (χ1) is 11.1. The van der Waals surface area contributed by atoms with Crippen LogP contribution in [0, 0.1) is 0 Å². The molecule has 1 aromatic carbocycles. The van der Waals surface area contributed by atoms with E-state index in [-0.39, 0.29) is 11.9 Å². The molecule has 2 aliphatic rings. The first-order valence-corrected chi connectivity index (χ1v) is 9.30. The summed E-state index contributed by atoms with van der Waals surface area (Å²) in [4.78, 5) is 13.2. The molecule has 126 valence electrons. The van der Waals surface area contributed by atoms with Crippen molar-refractivity contribution < 1.29 is 4.79 Å². The predicted octanol–water partition coefficient (Wildman–Crippen LogP) is 3.93. The lowest BCUT2D eigenvalue weighted by molar-refractivity contribution is -0.129. The van der Waals surface area contributed by atoms with Gasteiger partial charge in [0.05, 0.1) is 5.41 Å². The third-order valence-corrected chi connectivity index (χ3v) is 5.86. The maximum absolute atomic E-state index is 13.2. The zero-order valence-corrected chi connectivity index (χ0v) is 14.4. The molecule has 0 saturated heterocycles. The lowest BCUT2D eigenvalue weighted by Crippen LogP contribution is -2.50. The molecule has 0 aromatic heterocycles. The number of carbonyl (C=O) groups excluding carboxylic acids is 1. The molecule has 0 unspecified atom stereocenters. The minimum atomic E-state index is -0.400. The second kappa shape index (κ2) is 7.23. The van der Waals surface area contributed by atoms with Gasteiger partial charge >= 0.3 is 0 Å². The van der Waals surface area contributed by atoms with E-state index < -0.39 is 5.41 Å². The normalized spacial score (nSPS) is 27.4. The summed E-state index contributed by atoms with van der Waals surface area (Å²) in [6.07, 6.45) is 9.29. The van der Waals surface area contributed by atoms with E-state index in [1.54, 1.807) is 0 Å². The molecule has 0 aliphatic heterocycles. The topological polar surface area (TPSA) is 55.1 Å². The standard InChI is InChI=1S/C19H27ClN2O/c20-15-6-4-5-14(13-15)19(11-2-1-3-12-19)18(23)22-17-9-7-16(21)8-10-17/h4-6,13,16-17H,1-3,7-12,21H2,(H,22,23). The predicted molar refractivity (Wildman–Crippen MR) is 94.6 cm³/mol. The molecule has 0 atom stereocenters. The van der Waals surface area contributed by atoms with Crippen LogP contribution in [-0.4, -0.2) is 18.0 Å². The van der Waals surface area contributed by atoms with E-state index in [9.17, 15) is 4.79 Å². The molecule has 0 heterocycles. The molecular formula is C19H27ClN2O. The van der Waals surface area contributed by atoms with Crippen LogP contribution in [0.5, 0.6) is 0 Å². The minimum Gasteiger partial charge on any atom is -0.353 e. The molecule has 2 saturated carbocycles. The summed E-state index contributed by atoms with van der Waals surface area (Å²) in [6.45, 7) is 0. The van der Waals surface area contributed by atoms with E-state index in [4.69, 9.17) is 17.3 Å². The number of carbonyl (C=O) groups is 1. The quantitative estimate of drug-likeness (QED) is 0.880. The van der Waals surface area contributed by atoms with Crippen molar-refractivity contribution in [3.63, 3.8) is 0 Å². The second-order valence-corrected chi connectivity index (χ2v) is 7.67. The van der Waals surface area contributed by atoms with Crippen molar-refractivity contribution in [2.24, 2.45) is 5.73 Å². The SMILES string of the molecule is NC1CCC(NC(=O)C2(c3cccc(Cl)c3)CCCCC2)CC1. The number of nitrogens with one attached hydrogen (secondary N) is 1. The summed E-state index contributed by atoms with van der Waals surface area (Å²) in [5, 5.41) is 4.04. The van der Waals surface area contributed by atoms with Crippen molar-refractivity contribution in [1.82, 2.24) is 5.32 Å². The highest BCUT2D eigenvalue weighted by Gasteiger charge is 2.42. The lowest BCUT2D eigenvalue weighted by Gasteiger charge is -2.38. The summed E-state index contributed by atoms with van der Waals surface area (Å²) in [7, 11) is 0. The average Bonchev–Trinajstić information content (AvgIpc) is 2.57. The van der Waals surface area contributed by atoms with Gasteiger partial charge in [-0.05, 0) is 56.2 Å². The first kappa shape index (κ1) is 16.8. The van der Waals surface area contributed by atoms with Crippen molar-refractivity contribution in [3.05, 3.63) is 34.9 Å². The highest BCUT2D eigenvalue weighted by Crippen LogP contribution is 2.40. The van der Waals surface area contributed by atoms with Gasteiger partial charge in [0, 0.05) is 17.1 Å². The largest absolute Gasteiger partial charge is 0.353 e. The van der Waals surface area contributed by atoms with Gasteiger partial charge in [0.15, 0.2) is 0 Å². The molecule has 0 radical (unpaired) electrons. The Kier molecular flexibility index (Phi) is 5.27. The maximum Gasteiger partial charge on any atom is 0.230 e. The highest BCUT2D eigenvalue weighted by atomic mass is 35.5. The van der Waals surface area contributed by atoms with Crippen LogP contribution >= 0.6 is 11.6 Å². The Balaban J connectivity index is 1.79. The number of benzene rings is 1. The van der Waals surface area contributed by atoms with E-state index in [1.165, 1.54) is 6.42 Å². The van der Waals surface area contributed by atoms with Gasteiger partial charge in [0.1, 0.15) is 0 Å². The maximum atomic E-state index is 13.2. The number of hydrogen-bond acceptors (Lipinski definition) is 2. The van der Waals surface area contributed by atoms with Crippen LogP contribution in [0.15, 0.2) is 24.3 Å². The number of nitrogens with two attached hydrogens (primary N) is 1. The van der Waals surface area contributed by atoms with E-state index in [2.05, 4.69) is 11.4 Å². The summed E-state index contributed by atoms with van der Waals surface area (Å²) in [5.41, 5.74) is 6.66. The van der Waals surface area contributed by atoms with Crippen LogP contribution in [0.4, 0.5) is 0 Å². The summed E-state index contributed by atoms with van der Waals surface area (Å²) in [5.74, 6) is 0.194. The molecule has 23 heavy (non-hydrogen) atoms. The van der Waals surface area contributed by atoms with Crippen molar-refractivity contribution in [2.45, 2.75) is 75.3 Å². The van der Waals surface area contributed by atoms with E-state index >= 15 is 0 Å². The van der Waals surface area contributed by atoms with Gasteiger partial charge in [-0.2, -0.15) is 0 Å². The number of hydrogen-bond donors (Lipinski definition) is 2. The third kappa shape index (κ3) is 3.72. The Morgan fingerprint density at radius 3 is 2.48 bits per heavy atom. The number of halogens is 1. The summed E-state index contributed by atoms with van der Waals surface area (Å²) >= 11 is 6.19. The van der Waals surface area contributed by atoms with Crippen LogP contribution in [0.3, 0.4) is 0 Å². The van der Waals surface area contributed by atoms with Crippen molar-refractivity contribution in [3.8, 4) is 0 Å². The molecule has 3 N–H and O–H groups in total. The van der Waals surface area contributed by atoms with E-state index in [1.807, 2.05) is 18.2 Å². The minimum absolute atomic E-state index is 0.194. The van der Waals surface area contributed by atoms with Gasteiger partial charge in [-0.25, -0.2) is 0 Å². The van der Waals surface area contributed by atoms with Gasteiger partial charge < -0.3 is 11.1 Å². The molecule has 0 bridgehead atoms. The zero-order chi connectivity index (χ0) is 16.3. The van der Waals surface area contributed by atoms with Gasteiger partial charge in [-0.15, -0.1) is 0 Å². The Labute approximate surface area is 144 Å². The first-order valence-electron chi connectivity index (χ1n) is 8.93. The molecule has 1 aromatic rings. The van der Waals surface area contributed by atoms with E-state index in [0.29, 0.717) is 11.1 Å². The molecule has 2 aliphatic carbocycles. The van der Waals surface area contributed by atoms with Crippen LogP contribution in [-0.2, 0) is 10.2 Å². The fraction of sp³-hybridized carbons (Fsp3) is 0.632. The smallest absolute Gasteiger partial charge is 0.230 e. The fourth-order valence-corrected chi connectivity index (χ4v) is 4.37. The summed E-state index contributed by atoms with van der Waals surface area (Å²) < 4.78 is 0. The second-order valence-electron chi connectivity index (χ2n) is 7.24. The summed E-state index contributed by atoms with van der Waals surface area (Å²) in [6, 6.07) is 8.46. The Morgan fingerprint density at radius 2 is 1.83 bits per heavy atom. The van der Waals surface area contributed by atoms with Crippen LogP contribution in [0.2, 0.25) is 5.02 Å². The van der Waals surface area contributed by atoms with Crippen molar-refractivity contribution >= 4 is 17.5 Å². The van der Waals surface area contributed by atoms with E-state index in [0.717, 1.165) is 56.9 Å². The van der Waals surface area contributed by atoms with Crippen LogP contribution in [0.1, 0.15) is 63.4 Å². The fourth-order valence-electron chi connectivity index (χ4n) is 4.18. The Hall–Kier alpha value is -1.06. The van der Waals surface area contributed by atoms with Gasteiger partial charge in [-0.3, -0.25) is 4.79 Å². The van der Waals surface area contributed by atoms with Crippen molar-refractivity contribution in [1.29, 1.82) is 0 Å². The van der Waals surface area contributed by atoms with Crippen LogP contribution < -0.4 is 11.1 Å². The third-order valence-electron chi connectivity index (χ3n) is 5.63. The molecule has 4 heteroatoms. The molecule has 1 amide bonds. The average molecular weight is 335 g/mol. The molecule has 0 spiro atoms. The number of amides is 1. The van der Waals surface area contributed by atoms with Gasteiger partial charge in [0.25, 0.3) is 0 Å². The Morgan fingerprint density at radius 1 is 1.13 bits per heavy atom. The molecule has 3 rings (SSSR count). The lowest BCUT2D eigenvalue weighted by atomic mass is 9.68. The van der Waals surface area contributed by atoms with Gasteiger partial charge in [0.2, 0.25) is 5.91 Å². The molecule has 3 nitrogen and oxygen atoms in total. The number of rotatable bonds is 3. The highest BCUT2D eigenvalue weighted by molar-refractivity contribution is 6.30. The molecule has 2 fully saturated rings. The Bertz CT molecular complexity index is 546. The molecular weight excluding hydrogens is 308 g/mol. The van der Waals surface area contributed by atoms with Crippen molar-refractivity contribution in [2.75, 3.05) is 0 Å². The van der Waals surface area contributed by atoms with Crippen LogP contribution in [0.25, 0.3) is 0 Å². The monoisotopic (exact) mass is 334 g/mol.